The lowest BCUT2D eigenvalue weighted by Gasteiger charge is -2.40. The van der Waals surface area contributed by atoms with Gasteiger partial charge in [-0.3, -0.25) is 4.79 Å². The van der Waals surface area contributed by atoms with E-state index in [1.165, 1.54) is 12.8 Å². The third-order valence-corrected chi connectivity index (χ3v) is 5.41. The molecule has 0 heterocycles. The number of hydrogen-bond donors (Lipinski definition) is 1. The molecule has 0 unspecified atom stereocenters. The Morgan fingerprint density at radius 2 is 1.90 bits per heavy atom. The van der Waals surface area contributed by atoms with E-state index in [-0.39, 0.29) is 18.1 Å². The summed E-state index contributed by atoms with van der Waals surface area (Å²) in [6.07, 6.45) is 6.63. The molecule has 0 aromatic carbocycles. The van der Waals surface area contributed by atoms with Crippen molar-refractivity contribution < 1.29 is 9.53 Å². The van der Waals surface area contributed by atoms with Crippen LogP contribution in [0.2, 0.25) is 0 Å². The predicted molar refractivity (Wildman–Crippen MR) is 84.9 cm³/mol. The summed E-state index contributed by atoms with van der Waals surface area (Å²) in [5.41, 5.74) is 5.72. The van der Waals surface area contributed by atoms with Gasteiger partial charge in [-0.25, -0.2) is 0 Å². The molecular formula is C17H32N2O2. The van der Waals surface area contributed by atoms with Crippen molar-refractivity contribution in [2.24, 2.45) is 17.6 Å². The molecule has 2 N–H and O–H groups in total. The van der Waals surface area contributed by atoms with E-state index in [1.807, 2.05) is 11.8 Å². The maximum atomic E-state index is 12.3. The third kappa shape index (κ3) is 4.19. The maximum Gasteiger partial charge on any atom is 0.248 e. The van der Waals surface area contributed by atoms with Crippen LogP contribution in [0.4, 0.5) is 0 Å². The summed E-state index contributed by atoms with van der Waals surface area (Å²) >= 11 is 0. The molecule has 0 spiro atoms. The number of nitrogens with zero attached hydrogens (tertiary/aromatic N) is 1. The van der Waals surface area contributed by atoms with Crippen LogP contribution in [-0.2, 0) is 9.53 Å². The normalized spacial score (nSPS) is 29.7. The fourth-order valence-corrected chi connectivity index (χ4v) is 3.56. The van der Waals surface area contributed by atoms with E-state index in [0.717, 1.165) is 44.1 Å². The molecule has 21 heavy (non-hydrogen) atoms. The van der Waals surface area contributed by atoms with Crippen molar-refractivity contribution >= 4 is 5.91 Å². The number of hydrogen-bond acceptors (Lipinski definition) is 3. The smallest absolute Gasteiger partial charge is 0.248 e. The minimum Gasteiger partial charge on any atom is -0.364 e. The number of carbonyl (C=O) groups is 1. The average Bonchev–Trinajstić information content (AvgIpc) is 3.31. The van der Waals surface area contributed by atoms with Crippen LogP contribution in [0.3, 0.4) is 0 Å². The first-order valence-corrected chi connectivity index (χ1v) is 8.65. The van der Waals surface area contributed by atoms with E-state index >= 15 is 0 Å². The summed E-state index contributed by atoms with van der Waals surface area (Å²) in [5.74, 6) is 1.65. The highest BCUT2D eigenvalue weighted by Crippen LogP contribution is 2.37. The maximum absolute atomic E-state index is 12.3. The van der Waals surface area contributed by atoms with Gasteiger partial charge in [0.25, 0.3) is 0 Å². The zero-order chi connectivity index (χ0) is 15.5. The van der Waals surface area contributed by atoms with Crippen LogP contribution in [0, 0.1) is 11.8 Å². The first kappa shape index (κ1) is 16.8. The van der Waals surface area contributed by atoms with E-state index in [0.29, 0.717) is 12.6 Å². The molecule has 1 amide bonds. The Balaban J connectivity index is 1.83. The molecule has 4 heteroatoms. The van der Waals surface area contributed by atoms with Crippen LogP contribution in [0.5, 0.6) is 0 Å². The number of likely N-dealkylation sites (N-methyl/N-ethyl adjacent to an activating group) is 1. The summed E-state index contributed by atoms with van der Waals surface area (Å²) in [5, 5.41) is 0. The molecule has 0 aliphatic heterocycles. The Bertz CT molecular complexity index is 345. The van der Waals surface area contributed by atoms with Gasteiger partial charge in [0.05, 0.1) is 5.60 Å². The lowest BCUT2D eigenvalue weighted by molar-refractivity contribution is -0.147. The monoisotopic (exact) mass is 296 g/mol. The predicted octanol–water partition coefficient (Wildman–Crippen LogP) is 2.56. The Hall–Kier alpha value is -0.610. The molecule has 0 atom stereocenters. The topological polar surface area (TPSA) is 55.6 Å². The summed E-state index contributed by atoms with van der Waals surface area (Å²) in [6, 6.07) is 0.469. The average molecular weight is 296 g/mol. The van der Waals surface area contributed by atoms with Crippen molar-refractivity contribution in [2.45, 2.75) is 70.9 Å². The molecule has 4 nitrogen and oxygen atoms in total. The molecule has 0 bridgehead atoms. The number of ether oxygens (including phenoxy) is 1. The Morgan fingerprint density at radius 3 is 2.33 bits per heavy atom. The molecule has 2 aliphatic rings. The zero-order valence-electron chi connectivity index (χ0n) is 13.9. The van der Waals surface area contributed by atoms with Gasteiger partial charge in [0.2, 0.25) is 5.91 Å². The molecule has 2 saturated carbocycles. The van der Waals surface area contributed by atoms with Gasteiger partial charge in [0.1, 0.15) is 6.61 Å². The zero-order valence-corrected chi connectivity index (χ0v) is 13.9. The van der Waals surface area contributed by atoms with Crippen LogP contribution in [-0.4, -0.2) is 42.1 Å². The molecule has 2 aliphatic carbocycles. The molecule has 2 fully saturated rings. The second kappa shape index (κ2) is 7.10. The quantitative estimate of drug-likeness (QED) is 0.785. The van der Waals surface area contributed by atoms with E-state index in [2.05, 4.69) is 13.8 Å². The number of rotatable bonds is 7. The van der Waals surface area contributed by atoms with Crippen LogP contribution in [0.1, 0.15) is 59.3 Å². The number of amides is 1. The van der Waals surface area contributed by atoms with Crippen molar-refractivity contribution in [1.29, 1.82) is 0 Å². The largest absolute Gasteiger partial charge is 0.364 e. The SMILES string of the molecule is CCN(C(=O)COC1(CN)CCC(C(C)C)CC1)C1CC1. The lowest BCUT2D eigenvalue weighted by Crippen LogP contribution is -2.47. The van der Waals surface area contributed by atoms with Gasteiger partial charge in [-0.2, -0.15) is 0 Å². The number of nitrogens with two attached hydrogens (primary N) is 1. The van der Waals surface area contributed by atoms with Gasteiger partial charge < -0.3 is 15.4 Å². The molecule has 0 saturated heterocycles. The van der Waals surface area contributed by atoms with E-state index in [4.69, 9.17) is 10.5 Å². The Morgan fingerprint density at radius 1 is 1.29 bits per heavy atom. The first-order valence-electron chi connectivity index (χ1n) is 8.65. The van der Waals surface area contributed by atoms with E-state index in [1.54, 1.807) is 0 Å². The van der Waals surface area contributed by atoms with Gasteiger partial charge in [0.15, 0.2) is 0 Å². The number of carbonyl (C=O) groups excluding carboxylic acids is 1. The Labute approximate surface area is 129 Å². The van der Waals surface area contributed by atoms with E-state index < -0.39 is 0 Å². The summed E-state index contributed by atoms with van der Waals surface area (Å²) < 4.78 is 6.05. The van der Waals surface area contributed by atoms with Crippen LogP contribution < -0.4 is 5.73 Å². The van der Waals surface area contributed by atoms with Gasteiger partial charge in [-0.15, -0.1) is 0 Å². The van der Waals surface area contributed by atoms with Crippen LogP contribution in [0.15, 0.2) is 0 Å². The molecule has 0 aromatic heterocycles. The minimum atomic E-state index is -0.260. The molecule has 122 valence electrons. The van der Waals surface area contributed by atoms with Crippen molar-refractivity contribution in [3.8, 4) is 0 Å². The first-order chi connectivity index (χ1) is 10.0. The van der Waals surface area contributed by atoms with Gasteiger partial charge in [-0.1, -0.05) is 13.8 Å². The molecule has 0 aromatic rings. The van der Waals surface area contributed by atoms with Gasteiger partial charge >= 0.3 is 0 Å². The molecular weight excluding hydrogens is 264 g/mol. The highest BCUT2D eigenvalue weighted by atomic mass is 16.5. The lowest BCUT2D eigenvalue weighted by atomic mass is 9.74. The molecule has 2 rings (SSSR count). The fraction of sp³-hybridized carbons (Fsp3) is 0.941. The van der Waals surface area contributed by atoms with Crippen LogP contribution >= 0.6 is 0 Å². The highest BCUT2D eigenvalue weighted by Gasteiger charge is 2.38. The van der Waals surface area contributed by atoms with Gasteiger partial charge in [-0.05, 0) is 57.3 Å². The van der Waals surface area contributed by atoms with Crippen molar-refractivity contribution in [3.63, 3.8) is 0 Å². The summed E-state index contributed by atoms with van der Waals surface area (Å²) in [6.45, 7) is 8.15. The second-order valence-electron chi connectivity index (χ2n) is 7.17. The van der Waals surface area contributed by atoms with Crippen molar-refractivity contribution in [2.75, 3.05) is 19.7 Å². The second-order valence-corrected chi connectivity index (χ2v) is 7.17. The molecule has 0 radical (unpaired) electrons. The summed E-state index contributed by atoms with van der Waals surface area (Å²) in [7, 11) is 0. The highest BCUT2D eigenvalue weighted by molar-refractivity contribution is 5.78. The standard InChI is InChI=1S/C17H32N2O2/c1-4-19(15-5-6-15)16(20)11-21-17(12-18)9-7-14(8-10-17)13(2)3/h13-15H,4-12,18H2,1-3H3. The third-order valence-electron chi connectivity index (χ3n) is 5.41. The van der Waals surface area contributed by atoms with Gasteiger partial charge in [0, 0.05) is 19.1 Å². The summed E-state index contributed by atoms with van der Waals surface area (Å²) in [4.78, 5) is 14.3. The minimum absolute atomic E-state index is 0.138. The van der Waals surface area contributed by atoms with Crippen molar-refractivity contribution in [3.05, 3.63) is 0 Å². The van der Waals surface area contributed by atoms with Crippen molar-refractivity contribution in [1.82, 2.24) is 4.90 Å². The van der Waals surface area contributed by atoms with E-state index in [9.17, 15) is 4.79 Å². The fourth-order valence-electron chi connectivity index (χ4n) is 3.56. The Kier molecular flexibility index (Phi) is 5.67. The van der Waals surface area contributed by atoms with Crippen LogP contribution in [0.25, 0.3) is 0 Å².